The molecule has 0 saturated carbocycles. The fourth-order valence-corrected chi connectivity index (χ4v) is 2.57. The van der Waals surface area contributed by atoms with E-state index in [1.165, 1.54) is 0 Å². The van der Waals surface area contributed by atoms with Crippen molar-refractivity contribution in [3.05, 3.63) is 59.7 Å². The molecular weight excluding hydrogens is 334 g/mol. The highest BCUT2D eigenvalue weighted by atomic mass is 79.9. The van der Waals surface area contributed by atoms with Crippen molar-refractivity contribution in [3.8, 4) is 11.5 Å². The summed E-state index contributed by atoms with van der Waals surface area (Å²) in [6.07, 6.45) is 0. The number of amides is 1. The minimum atomic E-state index is -0.131. The molecule has 1 N–H and O–H groups in total. The number of nitrogens with one attached hydrogen (secondary N) is 1. The van der Waals surface area contributed by atoms with Gasteiger partial charge in [0.2, 0.25) is 6.79 Å². The lowest BCUT2D eigenvalue weighted by molar-refractivity contribution is 0.0953. The molecule has 0 aliphatic carbocycles. The predicted molar refractivity (Wildman–Crippen MR) is 83.0 cm³/mol. The van der Waals surface area contributed by atoms with E-state index in [1.807, 2.05) is 30.3 Å². The Balaban J connectivity index is 1.62. The molecule has 1 atom stereocenters. The van der Waals surface area contributed by atoms with E-state index in [-0.39, 0.29) is 17.5 Å². The van der Waals surface area contributed by atoms with Crippen LogP contribution in [0.1, 0.15) is 20.7 Å². The fraction of sp³-hybridized carbons (Fsp3) is 0.188. The standard InChI is InChI=1S/C16H14BrNO3/c17-13(11-4-2-1-3-5-11)9-18-16(19)12-6-7-14-15(8-12)21-10-20-14/h1-8,13H,9-10H2,(H,18,19). The van der Waals surface area contributed by atoms with E-state index in [0.29, 0.717) is 23.6 Å². The molecule has 21 heavy (non-hydrogen) atoms. The Kier molecular flexibility index (Phi) is 4.10. The summed E-state index contributed by atoms with van der Waals surface area (Å²) in [5.74, 6) is 1.16. The number of halogens is 1. The largest absolute Gasteiger partial charge is 0.454 e. The lowest BCUT2D eigenvalue weighted by Crippen LogP contribution is -2.26. The van der Waals surface area contributed by atoms with Crippen LogP contribution in [-0.4, -0.2) is 19.2 Å². The number of rotatable bonds is 4. The van der Waals surface area contributed by atoms with E-state index < -0.39 is 0 Å². The summed E-state index contributed by atoms with van der Waals surface area (Å²) < 4.78 is 10.5. The third kappa shape index (κ3) is 3.19. The summed E-state index contributed by atoms with van der Waals surface area (Å²) in [5, 5.41) is 2.91. The van der Waals surface area contributed by atoms with Gasteiger partial charge in [-0.25, -0.2) is 0 Å². The van der Waals surface area contributed by atoms with Gasteiger partial charge in [0, 0.05) is 12.1 Å². The summed E-state index contributed by atoms with van der Waals surface area (Å²) in [6, 6.07) is 15.1. The summed E-state index contributed by atoms with van der Waals surface area (Å²) in [7, 11) is 0. The van der Waals surface area contributed by atoms with Crippen LogP contribution in [0, 0.1) is 0 Å². The van der Waals surface area contributed by atoms with E-state index >= 15 is 0 Å². The van der Waals surface area contributed by atoms with Gasteiger partial charge >= 0.3 is 0 Å². The second kappa shape index (κ2) is 6.18. The van der Waals surface area contributed by atoms with E-state index in [2.05, 4.69) is 21.2 Å². The number of benzene rings is 2. The molecular formula is C16H14BrNO3. The highest BCUT2D eigenvalue weighted by molar-refractivity contribution is 9.09. The van der Waals surface area contributed by atoms with Crippen molar-refractivity contribution < 1.29 is 14.3 Å². The van der Waals surface area contributed by atoms with E-state index in [1.54, 1.807) is 18.2 Å². The second-order valence-corrected chi connectivity index (χ2v) is 5.76. The highest BCUT2D eigenvalue weighted by Crippen LogP contribution is 2.32. The molecule has 3 rings (SSSR count). The molecule has 0 fully saturated rings. The fourth-order valence-electron chi connectivity index (χ4n) is 2.10. The molecule has 1 unspecified atom stereocenters. The SMILES string of the molecule is O=C(NCC(Br)c1ccccc1)c1ccc2c(c1)OCO2. The van der Waals surface area contributed by atoms with Gasteiger partial charge in [-0.05, 0) is 23.8 Å². The zero-order valence-corrected chi connectivity index (χ0v) is 12.8. The van der Waals surface area contributed by atoms with Crippen LogP contribution < -0.4 is 14.8 Å². The minimum Gasteiger partial charge on any atom is -0.454 e. The first-order valence-corrected chi connectivity index (χ1v) is 7.52. The Morgan fingerprint density at radius 1 is 1.14 bits per heavy atom. The first kappa shape index (κ1) is 13.9. The van der Waals surface area contributed by atoms with Crippen LogP contribution in [0.2, 0.25) is 0 Å². The Bertz CT molecular complexity index is 645. The number of carbonyl (C=O) groups is 1. The van der Waals surface area contributed by atoms with Gasteiger partial charge in [-0.15, -0.1) is 0 Å². The van der Waals surface area contributed by atoms with Crippen molar-refractivity contribution in [2.75, 3.05) is 13.3 Å². The molecule has 5 heteroatoms. The molecule has 1 amide bonds. The molecule has 0 radical (unpaired) electrons. The molecule has 0 spiro atoms. The molecule has 0 bridgehead atoms. The number of hydrogen-bond donors (Lipinski definition) is 1. The molecule has 0 aromatic heterocycles. The smallest absolute Gasteiger partial charge is 0.251 e. The second-order valence-electron chi connectivity index (χ2n) is 4.66. The zero-order chi connectivity index (χ0) is 14.7. The van der Waals surface area contributed by atoms with Gasteiger partial charge in [-0.2, -0.15) is 0 Å². The summed E-state index contributed by atoms with van der Waals surface area (Å²) in [5.41, 5.74) is 1.69. The van der Waals surface area contributed by atoms with Crippen LogP contribution in [0.4, 0.5) is 0 Å². The Morgan fingerprint density at radius 3 is 2.71 bits per heavy atom. The number of alkyl halides is 1. The minimum absolute atomic E-state index is 0.0802. The van der Waals surface area contributed by atoms with Crippen LogP contribution in [0.25, 0.3) is 0 Å². The molecule has 1 aliphatic heterocycles. The first-order valence-electron chi connectivity index (χ1n) is 6.61. The molecule has 2 aromatic carbocycles. The van der Waals surface area contributed by atoms with Gasteiger partial charge in [0.15, 0.2) is 11.5 Å². The average molecular weight is 348 g/mol. The van der Waals surface area contributed by atoms with Crippen molar-refractivity contribution in [1.82, 2.24) is 5.32 Å². The van der Waals surface area contributed by atoms with Gasteiger partial charge in [-0.3, -0.25) is 4.79 Å². The van der Waals surface area contributed by atoms with Crippen LogP contribution in [-0.2, 0) is 0 Å². The Labute approximate surface area is 131 Å². The van der Waals surface area contributed by atoms with E-state index in [0.717, 1.165) is 5.56 Å². The third-order valence-electron chi connectivity index (χ3n) is 3.24. The third-order valence-corrected chi connectivity index (χ3v) is 4.09. The van der Waals surface area contributed by atoms with Crippen molar-refractivity contribution in [2.24, 2.45) is 0 Å². The normalized spacial score (nSPS) is 13.8. The average Bonchev–Trinajstić information content (AvgIpc) is 3.00. The van der Waals surface area contributed by atoms with Gasteiger partial charge in [0.05, 0.1) is 4.83 Å². The van der Waals surface area contributed by atoms with Crippen molar-refractivity contribution >= 4 is 21.8 Å². The first-order chi connectivity index (χ1) is 10.2. The van der Waals surface area contributed by atoms with Gasteiger partial charge < -0.3 is 14.8 Å². The predicted octanol–water partition coefficient (Wildman–Crippen LogP) is 3.28. The van der Waals surface area contributed by atoms with E-state index in [9.17, 15) is 4.79 Å². The quantitative estimate of drug-likeness (QED) is 0.863. The summed E-state index contributed by atoms with van der Waals surface area (Å²) >= 11 is 3.58. The Morgan fingerprint density at radius 2 is 1.90 bits per heavy atom. The maximum atomic E-state index is 12.2. The molecule has 0 saturated heterocycles. The van der Waals surface area contributed by atoms with Crippen molar-refractivity contribution in [1.29, 1.82) is 0 Å². The summed E-state index contributed by atoms with van der Waals surface area (Å²) in [4.78, 5) is 12.2. The molecule has 1 aliphatic rings. The maximum absolute atomic E-state index is 12.2. The maximum Gasteiger partial charge on any atom is 0.251 e. The van der Waals surface area contributed by atoms with E-state index in [4.69, 9.17) is 9.47 Å². The molecule has 1 heterocycles. The zero-order valence-electron chi connectivity index (χ0n) is 11.2. The van der Waals surface area contributed by atoms with Crippen molar-refractivity contribution in [2.45, 2.75) is 4.83 Å². The topological polar surface area (TPSA) is 47.6 Å². The molecule has 2 aromatic rings. The van der Waals surface area contributed by atoms with Gasteiger partial charge in [-0.1, -0.05) is 46.3 Å². The van der Waals surface area contributed by atoms with Crippen molar-refractivity contribution in [3.63, 3.8) is 0 Å². The number of hydrogen-bond acceptors (Lipinski definition) is 3. The van der Waals surface area contributed by atoms with Crippen LogP contribution in [0.5, 0.6) is 11.5 Å². The van der Waals surface area contributed by atoms with Crippen LogP contribution >= 0.6 is 15.9 Å². The van der Waals surface area contributed by atoms with Crippen LogP contribution in [0.15, 0.2) is 48.5 Å². The molecule has 108 valence electrons. The summed E-state index contributed by atoms with van der Waals surface area (Å²) in [6.45, 7) is 0.717. The van der Waals surface area contributed by atoms with Crippen LogP contribution in [0.3, 0.4) is 0 Å². The lowest BCUT2D eigenvalue weighted by atomic mass is 10.1. The monoisotopic (exact) mass is 347 g/mol. The molecule has 4 nitrogen and oxygen atoms in total. The van der Waals surface area contributed by atoms with Gasteiger partial charge in [0.1, 0.15) is 0 Å². The number of ether oxygens (including phenoxy) is 2. The highest BCUT2D eigenvalue weighted by Gasteiger charge is 2.16. The lowest BCUT2D eigenvalue weighted by Gasteiger charge is -2.11. The van der Waals surface area contributed by atoms with Gasteiger partial charge in [0.25, 0.3) is 5.91 Å². The number of fused-ring (bicyclic) bond motifs is 1. The Hall–Kier alpha value is -2.01. The number of carbonyl (C=O) groups excluding carboxylic acids is 1.